The predicted molar refractivity (Wildman–Crippen MR) is 93.9 cm³/mol. The lowest BCUT2D eigenvalue weighted by molar-refractivity contribution is -0.125. The molecule has 0 radical (unpaired) electrons. The Balaban J connectivity index is 2.27. The lowest BCUT2D eigenvalue weighted by Crippen LogP contribution is -2.47. The van der Waals surface area contributed by atoms with E-state index in [1.54, 1.807) is 6.92 Å². The number of amides is 1. The fraction of sp³-hybridized carbons (Fsp3) is 0.611. The molecule has 1 aromatic carbocycles. The summed E-state index contributed by atoms with van der Waals surface area (Å²) in [4.78, 5) is 16.4. The molecular formula is C18H29N3O2. The second-order valence-electron chi connectivity index (χ2n) is 6.53. The highest BCUT2D eigenvalue weighted by molar-refractivity contribution is 5.99. The molecule has 0 aromatic heterocycles. The average Bonchev–Trinajstić information content (AvgIpc) is 2.52. The Morgan fingerprint density at radius 3 is 2.78 bits per heavy atom. The van der Waals surface area contributed by atoms with E-state index in [-0.39, 0.29) is 11.9 Å². The molecule has 5 heteroatoms. The maximum atomic E-state index is 12.5. The Morgan fingerprint density at radius 2 is 2.13 bits per heavy atom. The summed E-state index contributed by atoms with van der Waals surface area (Å²) in [6.45, 7) is 5.43. The molecule has 1 heterocycles. The SMILES string of the molecule is CCCCC(N)c1ccc2c(c1)N(CCN(C)C)C(=O)C(C)O2. The molecule has 2 atom stereocenters. The van der Waals surface area contributed by atoms with Gasteiger partial charge in [0.05, 0.1) is 5.69 Å². The van der Waals surface area contributed by atoms with Crippen LogP contribution in [0.1, 0.15) is 44.7 Å². The number of hydrogen-bond donors (Lipinski definition) is 1. The molecule has 1 amide bonds. The molecule has 0 spiro atoms. The maximum absolute atomic E-state index is 12.5. The van der Waals surface area contributed by atoms with Crippen LogP contribution in [-0.2, 0) is 4.79 Å². The second kappa shape index (κ2) is 7.79. The average molecular weight is 319 g/mol. The molecule has 2 unspecified atom stereocenters. The van der Waals surface area contributed by atoms with Gasteiger partial charge in [-0.15, -0.1) is 0 Å². The predicted octanol–water partition coefficient (Wildman–Crippen LogP) is 2.55. The molecule has 0 aliphatic carbocycles. The molecular weight excluding hydrogens is 290 g/mol. The van der Waals surface area contributed by atoms with Crippen LogP contribution < -0.4 is 15.4 Å². The fourth-order valence-electron chi connectivity index (χ4n) is 2.78. The molecule has 0 bridgehead atoms. The number of hydrogen-bond acceptors (Lipinski definition) is 4. The monoisotopic (exact) mass is 319 g/mol. The van der Waals surface area contributed by atoms with Crippen molar-refractivity contribution in [2.45, 2.75) is 45.3 Å². The number of anilines is 1. The molecule has 23 heavy (non-hydrogen) atoms. The Labute approximate surface area is 139 Å². The molecule has 0 fully saturated rings. The summed E-state index contributed by atoms with van der Waals surface area (Å²) in [5.74, 6) is 0.779. The van der Waals surface area contributed by atoms with Gasteiger partial charge in [-0.1, -0.05) is 25.8 Å². The van der Waals surface area contributed by atoms with E-state index in [0.29, 0.717) is 6.54 Å². The number of benzene rings is 1. The third-order valence-corrected chi connectivity index (χ3v) is 4.26. The van der Waals surface area contributed by atoms with E-state index in [9.17, 15) is 4.79 Å². The van der Waals surface area contributed by atoms with E-state index in [1.165, 1.54) is 0 Å². The second-order valence-corrected chi connectivity index (χ2v) is 6.53. The van der Waals surface area contributed by atoms with E-state index < -0.39 is 6.10 Å². The van der Waals surface area contributed by atoms with Gasteiger partial charge in [-0.25, -0.2) is 0 Å². The van der Waals surface area contributed by atoms with Gasteiger partial charge in [-0.05, 0) is 45.1 Å². The smallest absolute Gasteiger partial charge is 0.267 e. The topological polar surface area (TPSA) is 58.8 Å². The maximum Gasteiger partial charge on any atom is 0.267 e. The molecule has 1 aliphatic rings. The van der Waals surface area contributed by atoms with Crippen LogP contribution in [0, 0.1) is 0 Å². The number of carbonyl (C=O) groups excluding carboxylic acids is 1. The van der Waals surface area contributed by atoms with Crippen LogP contribution in [0.25, 0.3) is 0 Å². The zero-order valence-electron chi connectivity index (χ0n) is 14.7. The highest BCUT2D eigenvalue weighted by Crippen LogP contribution is 2.36. The van der Waals surface area contributed by atoms with E-state index >= 15 is 0 Å². The first-order valence-electron chi connectivity index (χ1n) is 8.46. The van der Waals surface area contributed by atoms with E-state index in [2.05, 4.69) is 11.8 Å². The van der Waals surface area contributed by atoms with Crippen LogP contribution in [0.15, 0.2) is 18.2 Å². The summed E-state index contributed by atoms with van der Waals surface area (Å²) in [7, 11) is 4.01. The van der Waals surface area contributed by atoms with Crippen molar-refractivity contribution in [3.8, 4) is 5.75 Å². The van der Waals surface area contributed by atoms with Crippen LogP contribution >= 0.6 is 0 Å². The summed E-state index contributed by atoms with van der Waals surface area (Å²) in [6, 6.07) is 5.99. The van der Waals surface area contributed by atoms with Gasteiger partial charge in [-0.2, -0.15) is 0 Å². The van der Waals surface area contributed by atoms with Crippen molar-refractivity contribution >= 4 is 11.6 Å². The zero-order valence-corrected chi connectivity index (χ0v) is 14.7. The summed E-state index contributed by atoms with van der Waals surface area (Å²) >= 11 is 0. The lowest BCUT2D eigenvalue weighted by atomic mass is 10.00. The minimum atomic E-state index is -0.440. The van der Waals surface area contributed by atoms with Crippen molar-refractivity contribution in [2.24, 2.45) is 5.73 Å². The standard InChI is InChI=1S/C18H29N3O2/c1-5-6-7-15(19)14-8-9-17-16(12-14)21(11-10-20(3)4)18(22)13(2)23-17/h8-9,12-13,15H,5-7,10-11,19H2,1-4H3. The lowest BCUT2D eigenvalue weighted by Gasteiger charge is -2.34. The van der Waals surface area contributed by atoms with Crippen molar-refractivity contribution in [2.75, 3.05) is 32.1 Å². The number of fused-ring (bicyclic) bond motifs is 1. The minimum absolute atomic E-state index is 0.00500. The number of nitrogens with zero attached hydrogens (tertiary/aromatic N) is 2. The molecule has 1 aromatic rings. The van der Waals surface area contributed by atoms with Gasteiger partial charge >= 0.3 is 0 Å². The Bertz CT molecular complexity index is 545. The number of ether oxygens (including phenoxy) is 1. The largest absolute Gasteiger partial charge is 0.479 e. The van der Waals surface area contributed by atoms with Crippen LogP contribution in [0.2, 0.25) is 0 Å². The summed E-state index contributed by atoms with van der Waals surface area (Å²) in [6.07, 6.45) is 2.75. The van der Waals surface area contributed by atoms with E-state index in [0.717, 1.165) is 42.8 Å². The van der Waals surface area contributed by atoms with Crippen molar-refractivity contribution < 1.29 is 9.53 Å². The number of rotatable bonds is 7. The molecule has 2 N–H and O–H groups in total. The molecule has 5 nitrogen and oxygen atoms in total. The van der Waals surface area contributed by atoms with Crippen molar-refractivity contribution in [3.05, 3.63) is 23.8 Å². The number of likely N-dealkylation sites (N-methyl/N-ethyl adjacent to an activating group) is 1. The van der Waals surface area contributed by atoms with Gasteiger partial charge in [0.15, 0.2) is 6.10 Å². The molecule has 0 saturated carbocycles. The molecule has 2 rings (SSSR count). The summed E-state index contributed by atoms with van der Waals surface area (Å²) in [5, 5.41) is 0. The minimum Gasteiger partial charge on any atom is -0.479 e. The normalized spacial score (nSPS) is 18.8. The summed E-state index contributed by atoms with van der Waals surface area (Å²) < 4.78 is 5.75. The molecule has 1 aliphatic heterocycles. The Hall–Kier alpha value is -1.59. The Morgan fingerprint density at radius 1 is 1.39 bits per heavy atom. The van der Waals surface area contributed by atoms with Crippen LogP contribution in [0.5, 0.6) is 5.75 Å². The molecule has 0 saturated heterocycles. The van der Waals surface area contributed by atoms with Crippen LogP contribution in [-0.4, -0.2) is 44.1 Å². The van der Waals surface area contributed by atoms with Gasteiger partial charge < -0.3 is 20.3 Å². The van der Waals surface area contributed by atoms with Crippen molar-refractivity contribution in [3.63, 3.8) is 0 Å². The van der Waals surface area contributed by atoms with Gasteiger partial charge in [0.2, 0.25) is 0 Å². The first-order chi connectivity index (χ1) is 10.9. The summed E-state index contributed by atoms with van der Waals surface area (Å²) in [5.41, 5.74) is 8.21. The van der Waals surface area contributed by atoms with Gasteiger partial charge in [0.25, 0.3) is 5.91 Å². The van der Waals surface area contributed by atoms with E-state index in [4.69, 9.17) is 10.5 Å². The fourth-order valence-corrected chi connectivity index (χ4v) is 2.78. The number of nitrogens with two attached hydrogens (primary N) is 1. The van der Waals surface area contributed by atoms with Gasteiger partial charge in [0.1, 0.15) is 5.75 Å². The van der Waals surface area contributed by atoms with Crippen molar-refractivity contribution in [1.29, 1.82) is 0 Å². The third kappa shape index (κ3) is 4.24. The van der Waals surface area contributed by atoms with Crippen LogP contribution in [0.4, 0.5) is 5.69 Å². The first kappa shape index (κ1) is 17.8. The van der Waals surface area contributed by atoms with Gasteiger partial charge in [-0.3, -0.25) is 4.79 Å². The van der Waals surface area contributed by atoms with Crippen LogP contribution in [0.3, 0.4) is 0 Å². The van der Waals surface area contributed by atoms with E-state index in [1.807, 2.05) is 37.2 Å². The number of unbranched alkanes of at least 4 members (excludes halogenated alkanes) is 1. The highest BCUT2D eigenvalue weighted by atomic mass is 16.5. The first-order valence-corrected chi connectivity index (χ1v) is 8.46. The number of carbonyl (C=O) groups is 1. The molecule has 128 valence electrons. The van der Waals surface area contributed by atoms with Gasteiger partial charge in [0, 0.05) is 19.1 Å². The van der Waals surface area contributed by atoms with Crippen molar-refractivity contribution in [1.82, 2.24) is 4.90 Å². The zero-order chi connectivity index (χ0) is 17.0. The quantitative estimate of drug-likeness (QED) is 0.839. The Kier molecular flexibility index (Phi) is 6.02. The third-order valence-electron chi connectivity index (χ3n) is 4.26. The highest BCUT2D eigenvalue weighted by Gasteiger charge is 2.31.